The molecule has 0 unspecified atom stereocenters. The summed E-state index contributed by atoms with van der Waals surface area (Å²) >= 11 is 0. The van der Waals surface area contributed by atoms with Gasteiger partial charge in [-0.15, -0.1) is 0 Å². The number of carbonyl (C=O) groups is 1. The first kappa shape index (κ1) is 27.9. The highest BCUT2D eigenvalue weighted by Gasteiger charge is 2.18. The van der Waals surface area contributed by atoms with Gasteiger partial charge >= 0.3 is 0 Å². The third-order valence-corrected chi connectivity index (χ3v) is 9.28. The summed E-state index contributed by atoms with van der Waals surface area (Å²) in [6.07, 6.45) is 0. The van der Waals surface area contributed by atoms with Crippen molar-refractivity contribution < 1.29 is 21.6 Å². The summed E-state index contributed by atoms with van der Waals surface area (Å²) in [5.74, 6) is -0.425. The van der Waals surface area contributed by atoms with Gasteiger partial charge < -0.3 is 5.32 Å². The number of carbonyl (C=O) groups excluding carboxylic acids is 1. The Bertz CT molecular complexity index is 1970. The van der Waals surface area contributed by atoms with Crippen molar-refractivity contribution in [3.63, 3.8) is 0 Å². The van der Waals surface area contributed by atoms with Gasteiger partial charge in [0.05, 0.1) is 21.2 Å². The summed E-state index contributed by atoms with van der Waals surface area (Å²) in [5, 5.41) is 4.44. The largest absolute Gasteiger partial charge is 0.322 e. The quantitative estimate of drug-likeness (QED) is 0.197. The molecule has 0 aliphatic heterocycles. The summed E-state index contributed by atoms with van der Waals surface area (Å²) in [5.41, 5.74) is 3.06. The van der Waals surface area contributed by atoms with E-state index >= 15 is 0 Å². The van der Waals surface area contributed by atoms with Gasteiger partial charge in [-0.25, -0.2) is 16.8 Å². The highest BCUT2D eigenvalue weighted by atomic mass is 32.2. The lowest BCUT2D eigenvalue weighted by Crippen LogP contribution is -2.16. The number of rotatable bonds is 8. The number of fused-ring (bicyclic) bond motifs is 1. The van der Waals surface area contributed by atoms with Crippen molar-refractivity contribution in [2.24, 2.45) is 0 Å². The molecule has 0 atom stereocenters. The molecule has 0 radical (unpaired) electrons. The van der Waals surface area contributed by atoms with Gasteiger partial charge in [0, 0.05) is 16.6 Å². The first-order valence-corrected chi connectivity index (χ1v) is 15.6. The summed E-state index contributed by atoms with van der Waals surface area (Å²) in [7, 11) is -7.65. The average molecular weight is 586 g/mol. The second-order valence-corrected chi connectivity index (χ2v) is 12.9. The van der Waals surface area contributed by atoms with E-state index in [0.29, 0.717) is 28.2 Å². The molecule has 8 nitrogen and oxygen atoms in total. The molecule has 10 heteroatoms. The van der Waals surface area contributed by atoms with Crippen LogP contribution in [0, 0.1) is 13.8 Å². The molecule has 0 aliphatic carbocycles. The summed E-state index contributed by atoms with van der Waals surface area (Å²) in [6, 6.07) is 29.9. The first-order chi connectivity index (χ1) is 19.5. The molecule has 0 spiro atoms. The topological polar surface area (TPSA) is 121 Å². The van der Waals surface area contributed by atoms with Crippen molar-refractivity contribution in [2.45, 2.75) is 23.6 Å². The Balaban J connectivity index is 1.27. The monoisotopic (exact) mass is 585 g/mol. The first-order valence-electron chi connectivity index (χ1n) is 12.6. The number of nitrogens with one attached hydrogen (secondary N) is 3. The number of anilines is 3. The number of sulfonamides is 2. The van der Waals surface area contributed by atoms with Gasteiger partial charge in [0.25, 0.3) is 26.0 Å². The molecule has 1 amide bonds. The van der Waals surface area contributed by atoms with E-state index in [9.17, 15) is 21.6 Å². The van der Waals surface area contributed by atoms with Crippen molar-refractivity contribution in [3.8, 4) is 0 Å². The number of benzene rings is 5. The maximum Gasteiger partial charge on any atom is 0.261 e. The minimum atomic E-state index is -3.87. The van der Waals surface area contributed by atoms with Crippen molar-refractivity contribution in [2.75, 3.05) is 14.8 Å². The van der Waals surface area contributed by atoms with E-state index in [4.69, 9.17) is 0 Å². The molecule has 5 aromatic rings. The Morgan fingerprint density at radius 3 is 1.85 bits per heavy atom. The number of amides is 1. The van der Waals surface area contributed by atoms with Crippen molar-refractivity contribution in [3.05, 3.63) is 126 Å². The fraction of sp³-hybridized carbons (Fsp3) is 0.0645. The van der Waals surface area contributed by atoms with Crippen LogP contribution < -0.4 is 14.8 Å². The maximum absolute atomic E-state index is 13.0. The van der Waals surface area contributed by atoms with Crippen molar-refractivity contribution >= 4 is 53.8 Å². The van der Waals surface area contributed by atoms with E-state index in [1.54, 1.807) is 37.3 Å². The third kappa shape index (κ3) is 6.24. The van der Waals surface area contributed by atoms with Crippen LogP contribution >= 0.6 is 0 Å². The van der Waals surface area contributed by atoms with Crippen LogP contribution in [0.15, 0.2) is 119 Å². The lowest BCUT2D eigenvalue weighted by Gasteiger charge is -2.13. The minimum Gasteiger partial charge on any atom is -0.322 e. The second-order valence-electron chi connectivity index (χ2n) is 9.56. The molecule has 0 aromatic heterocycles. The molecule has 0 aliphatic rings. The SMILES string of the molecule is Cc1ccc(S(=O)(=O)Nc2ccc(C(=O)Nc3ccc(S(=O)(=O)Nc4cccc5ccccc45)cc3)cc2C)cc1. The van der Waals surface area contributed by atoms with Crippen LogP contribution in [0.3, 0.4) is 0 Å². The van der Waals surface area contributed by atoms with Crippen LogP contribution in [0.5, 0.6) is 0 Å². The van der Waals surface area contributed by atoms with Crippen molar-refractivity contribution in [1.29, 1.82) is 0 Å². The minimum absolute atomic E-state index is 0.0458. The Hall–Kier alpha value is -4.67. The molecule has 5 aromatic carbocycles. The summed E-state index contributed by atoms with van der Waals surface area (Å²) in [6.45, 7) is 3.57. The lowest BCUT2D eigenvalue weighted by atomic mass is 10.1. The summed E-state index contributed by atoms with van der Waals surface area (Å²) in [4.78, 5) is 13.1. The van der Waals surface area contributed by atoms with Crippen LogP contribution in [-0.2, 0) is 20.0 Å². The van der Waals surface area contributed by atoms with Crippen LogP contribution in [0.4, 0.5) is 17.1 Å². The van der Waals surface area contributed by atoms with E-state index in [0.717, 1.165) is 16.3 Å². The Kier molecular flexibility index (Phi) is 7.53. The fourth-order valence-electron chi connectivity index (χ4n) is 4.28. The van der Waals surface area contributed by atoms with E-state index in [2.05, 4.69) is 14.8 Å². The molecule has 5 rings (SSSR count). The molecule has 3 N–H and O–H groups in total. The molecule has 0 saturated carbocycles. The summed E-state index contributed by atoms with van der Waals surface area (Å²) < 4.78 is 56.7. The number of hydrogen-bond acceptors (Lipinski definition) is 5. The van der Waals surface area contributed by atoms with E-state index < -0.39 is 26.0 Å². The zero-order valence-corrected chi connectivity index (χ0v) is 23.9. The third-order valence-electron chi connectivity index (χ3n) is 6.52. The highest BCUT2D eigenvalue weighted by Crippen LogP contribution is 2.26. The molecular formula is C31H27N3O5S2. The van der Waals surface area contributed by atoms with Gasteiger partial charge in [0.15, 0.2) is 0 Å². The van der Waals surface area contributed by atoms with Crippen LogP contribution in [0.1, 0.15) is 21.5 Å². The number of hydrogen-bond donors (Lipinski definition) is 3. The zero-order valence-electron chi connectivity index (χ0n) is 22.3. The van der Waals surface area contributed by atoms with Gasteiger partial charge in [-0.1, -0.05) is 54.1 Å². The Morgan fingerprint density at radius 1 is 0.610 bits per heavy atom. The van der Waals surface area contributed by atoms with Crippen LogP contribution in [-0.4, -0.2) is 22.7 Å². The van der Waals surface area contributed by atoms with Crippen LogP contribution in [0.25, 0.3) is 10.8 Å². The lowest BCUT2D eigenvalue weighted by molar-refractivity contribution is 0.102. The maximum atomic E-state index is 13.0. The standard InChI is InChI=1S/C31H27N3O5S2/c1-21-10-15-26(16-11-21)40(36,37)33-29-19-12-24(20-22(29)2)31(35)32-25-13-17-27(18-14-25)41(38,39)34-30-9-5-7-23-6-3-4-8-28(23)30/h3-20,33-34H,1-2H3,(H,32,35). The normalized spacial score (nSPS) is 11.7. The van der Waals surface area contributed by atoms with Crippen molar-refractivity contribution in [1.82, 2.24) is 0 Å². The Labute approximate surface area is 239 Å². The number of aryl methyl sites for hydroxylation is 2. The molecule has 0 bridgehead atoms. The van der Waals surface area contributed by atoms with Gasteiger partial charge in [0.2, 0.25) is 0 Å². The molecule has 0 saturated heterocycles. The van der Waals surface area contributed by atoms with E-state index in [1.165, 1.54) is 48.5 Å². The smallest absolute Gasteiger partial charge is 0.261 e. The van der Waals surface area contributed by atoms with Gasteiger partial charge in [0.1, 0.15) is 0 Å². The van der Waals surface area contributed by atoms with E-state index in [1.807, 2.05) is 37.3 Å². The average Bonchev–Trinajstić information content (AvgIpc) is 2.94. The fourth-order valence-corrected chi connectivity index (χ4v) is 6.49. The Morgan fingerprint density at radius 2 is 1.20 bits per heavy atom. The molecular weight excluding hydrogens is 558 g/mol. The zero-order chi connectivity index (χ0) is 29.2. The predicted molar refractivity (Wildman–Crippen MR) is 162 cm³/mol. The van der Waals surface area contributed by atoms with Gasteiger partial charge in [-0.2, -0.15) is 0 Å². The van der Waals surface area contributed by atoms with Gasteiger partial charge in [-0.3, -0.25) is 14.2 Å². The second kappa shape index (κ2) is 11.1. The van der Waals surface area contributed by atoms with Crippen LogP contribution in [0.2, 0.25) is 0 Å². The molecule has 0 heterocycles. The molecule has 41 heavy (non-hydrogen) atoms. The van der Waals surface area contributed by atoms with E-state index in [-0.39, 0.29) is 9.79 Å². The molecule has 208 valence electrons. The molecule has 0 fully saturated rings. The van der Waals surface area contributed by atoms with Gasteiger partial charge in [-0.05, 0) is 85.5 Å². The highest BCUT2D eigenvalue weighted by molar-refractivity contribution is 7.93. The predicted octanol–water partition coefficient (Wildman–Crippen LogP) is 6.31.